The molecule has 0 bridgehead atoms. The molecule has 20 heavy (non-hydrogen) atoms. The number of alkyl halides is 2. The number of aromatic nitrogens is 3. The topological polar surface area (TPSA) is 106 Å². The maximum absolute atomic E-state index is 14.1. The van der Waals surface area contributed by atoms with Gasteiger partial charge in [0, 0.05) is 0 Å². The van der Waals surface area contributed by atoms with E-state index in [1.54, 1.807) is 0 Å². The molecule has 3 atom stereocenters. The summed E-state index contributed by atoms with van der Waals surface area (Å²) in [5.41, 5.74) is 6.03. The van der Waals surface area contributed by atoms with Gasteiger partial charge in [-0.1, -0.05) is 0 Å². The summed E-state index contributed by atoms with van der Waals surface area (Å²) in [7, 11) is 0. The maximum atomic E-state index is 14.1. The van der Waals surface area contributed by atoms with Crippen molar-refractivity contribution in [2.45, 2.75) is 24.2 Å². The minimum atomic E-state index is -3.54. The highest BCUT2D eigenvalue weighted by Crippen LogP contribution is 2.45. The van der Waals surface area contributed by atoms with Gasteiger partial charge in [-0.2, -0.15) is 5.10 Å². The highest BCUT2D eigenvalue weighted by atomic mass is 19.3. The predicted molar refractivity (Wildman–Crippen MR) is 63.1 cm³/mol. The number of fused-ring (bicyclic) bond motifs is 1. The molecular weight excluding hydrogens is 274 g/mol. The van der Waals surface area contributed by atoms with Crippen molar-refractivity contribution in [2.24, 2.45) is 0 Å². The summed E-state index contributed by atoms with van der Waals surface area (Å²) in [5, 5.41) is 22.3. The molecule has 1 fully saturated rings. The predicted octanol–water partition coefficient (Wildman–Crippen LogP) is -0.260. The van der Waals surface area contributed by atoms with E-state index in [0.29, 0.717) is 5.52 Å². The van der Waals surface area contributed by atoms with Crippen LogP contribution in [0.25, 0.3) is 5.52 Å². The van der Waals surface area contributed by atoms with E-state index in [1.807, 2.05) is 0 Å². The molecule has 0 radical (unpaired) electrons. The van der Waals surface area contributed by atoms with E-state index in [0.717, 1.165) is 6.33 Å². The summed E-state index contributed by atoms with van der Waals surface area (Å²) in [6.07, 6.45) is -4.01. The van der Waals surface area contributed by atoms with Crippen LogP contribution >= 0.6 is 0 Å². The Morgan fingerprint density at radius 1 is 1.45 bits per heavy atom. The average molecular weight is 286 g/mol. The number of nitrogens with zero attached hydrogens (tertiary/aromatic N) is 3. The maximum Gasteiger partial charge on any atom is 0.307 e. The third kappa shape index (κ3) is 1.67. The molecule has 0 spiro atoms. The molecule has 0 unspecified atom stereocenters. The van der Waals surface area contributed by atoms with Gasteiger partial charge < -0.3 is 20.7 Å². The van der Waals surface area contributed by atoms with Gasteiger partial charge in [0.15, 0.2) is 11.9 Å². The number of anilines is 1. The van der Waals surface area contributed by atoms with Crippen LogP contribution in [0.3, 0.4) is 0 Å². The molecule has 3 rings (SSSR count). The van der Waals surface area contributed by atoms with Gasteiger partial charge in [-0.15, -0.1) is 0 Å². The smallest absolute Gasteiger partial charge is 0.307 e. The second-order valence-electron chi connectivity index (χ2n) is 4.56. The van der Waals surface area contributed by atoms with Gasteiger partial charge in [0.05, 0.1) is 12.3 Å². The highest BCUT2D eigenvalue weighted by molar-refractivity contribution is 5.65. The molecule has 0 amide bonds. The standard InChI is InChI=1S/C11H12F2N4O3/c12-11(13)8(19)7(3-18)20-9(11)5-1-2-6-10(14)15-4-16-17(5)6/h1-2,4,7-9,18-19H,3H2,(H2,14,15,16)/t7-,8-,9+/m1/s1. The van der Waals surface area contributed by atoms with Crippen molar-refractivity contribution in [1.82, 2.24) is 14.6 Å². The molecule has 0 aliphatic carbocycles. The lowest BCUT2D eigenvalue weighted by molar-refractivity contribution is -0.115. The second-order valence-corrected chi connectivity index (χ2v) is 4.56. The molecule has 4 N–H and O–H groups in total. The van der Waals surface area contributed by atoms with E-state index in [2.05, 4.69) is 10.1 Å². The van der Waals surface area contributed by atoms with Gasteiger partial charge in [0.25, 0.3) is 0 Å². The summed E-state index contributed by atoms with van der Waals surface area (Å²) >= 11 is 0. The first kappa shape index (κ1) is 13.2. The molecule has 108 valence electrons. The Kier molecular flexibility index (Phi) is 2.85. The first-order chi connectivity index (χ1) is 9.46. The molecule has 0 aromatic carbocycles. The zero-order valence-corrected chi connectivity index (χ0v) is 10.1. The van der Waals surface area contributed by atoms with Crippen molar-refractivity contribution < 1.29 is 23.7 Å². The van der Waals surface area contributed by atoms with E-state index in [4.69, 9.17) is 15.6 Å². The van der Waals surface area contributed by atoms with Crippen LogP contribution in [-0.2, 0) is 4.74 Å². The van der Waals surface area contributed by atoms with Crippen LogP contribution in [0.1, 0.15) is 11.8 Å². The lowest BCUT2D eigenvalue weighted by Gasteiger charge is -2.19. The Bertz CT molecular complexity index is 648. The van der Waals surface area contributed by atoms with Crippen molar-refractivity contribution in [3.8, 4) is 0 Å². The number of hydrogen-bond acceptors (Lipinski definition) is 6. The Morgan fingerprint density at radius 2 is 2.20 bits per heavy atom. The molecular formula is C11H12F2N4O3. The number of hydrogen-bond donors (Lipinski definition) is 3. The summed E-state index contributed by atoms with van der Waals surface area (Å²) in [5.74, 6) is -3.40. The van der Waals surface area contributed by atoms with Crippen LogP contribution in [0.4, 0.5) is 14.6 Å². The Labute approximate surface area is 111 Å². The van der Waals surface area contributed by atoms with Crippen molar-refractivity contribution in [3.63, 3.8) is 0 Å². The first-order valence-electron chi connectivity index (χ1n) is 5.87. The van der Waals surface area contributed by atoms with Gasteiger partial charge in [0.1, 0.15) is 24.1 Å². The van der Waals surface area contributed by atoms with Crippen LogP contribution in [0.5, 0.6) is 0 Å². The van der Waals surface area contributed by atoms with E-state index < -0.39 is 30.8 Å². The van der Waals surface area contributed by atoms with Crippen molar-refractivity contribution in [3.05, 3.63) is 24.2 Å². The molecule has 1 aliphatic rings. The minimum absolute atomic E-state index is 0.0362. The molecule has 1 saturated heterocycles. The number of aliphatic hydroxyl groups is 2. The fourth-order valence-corrected chi connectivity index (χ4v) is 2.32. The zero-order valence-electron chi connectivity index (χ0n) is 10.1. The van der Waals surface area contributed by atoms with E-state index in [-0.39, 0.29) is 11.5 Å². The minimum Gasteiger partial charge on any atom is -0.394 e. The van der Waals surface area contributed by atoms with Crippen LogP contribution in [0.15, 0.2) is 18.5 Å². The van der Waals surface area contributed by atoms with Crippen LogP contribution in [0, 0.1) is 0 Å². The number of rotatable bonds is 2. The lowest BCUT2D eigenvalue weighted by Crippen LogP contribution is -2.38. The number of ether oxygens (including phenoxy) is 1. The Hall–Kier alpha value is -1.84. The first-order valence-corrected chi connectivity index (χ1v) is 5.87. The van der Waals surface area contributed by atoms with Crippen molar-refractivity contribution in [1.29, 1.82) is 0 Å². The summed E-state index contributed by atoms with van der Waals surface area (Å²) in [6, 6.07) is 2.87. The summed E-state index contributed by atoms with van der Waals surface area (Å²) in [6.45, 7) is -0.701. The molecule has 2 aromatic heterocycles. The number of halogens is 2. The third-order valence-corrected chi connectivity index (χ3v) is 3.37. The highest BCUT2D eigenvalue weighted by Gasteiger charge is 2.59. The summed E-state index contributed by atoms with van der Waals surface area (Å²) < 4.78 is 34.4. The Balaban J connectivity index is 2.10. The molecule has 1 aliphatic heterocycles. The fourth-order valence-electron chi connectivity index (χ4n) is 2.32. The summed E-state index contributed by atoms with van der Waals surface area (Å²) in [4.78, 5) is 3.76. The van der Waals surface area contributed by atoms with Crippen LogP contribution in [0.2, 0.25) is 0 Å². The van der Waals surface area contributed by atoms with Crippen LogP contribution in [-0.4, -0.2) is 49.5 Å². The lowest BCUT2D eigenvalue weighted by atomic mass is 10.0. The SMILES string of the molecule is Nc1ncnn2c([C@@H]3O[C@H](CO)[C@@H](O)C3(F)F)ccc12. The van der Waals surface area contributed by atoms with E-state index >= 15 is 0 Å². The quantitative estimate of drug-likeness (QED) is 0.702. The number of nitrogens with two attached hydrogens (primary N) is 1. The molecule has 0 saturated carbocycles. The van der Waals surface area contributed by atoms with Crippen molar-refractivity contribution >= 4 is 11.3 Å². The normalized spacial score (nSPS) is 29.1. The number of nitrogen functional groups attached to an aromatic ring is 1. The van der Waals surface area contributed by atoms with E-state index in [9.17, 15) is 13.9 Å². The largest absolute Gasteiger partial charge is 0.394 e. The van der Waals surface area contributed by atoms with Crippen molar-refractivity contribution in [2.75, 3.05) is 12.3 Å². The Morgan fingerprint density at radius 3 is 2.85 bits per heavy atom. The third-order valence-electron chi connectivity index (χ3n) is 3.37. The van der Waals surface area contributed by atoms with Crippen LogP contribution < -0.4 is 5.73 Å². The van der Waals surface area contributed by atoms with E-state index in [1.165, 1.54) is 16.6 Å². The van der Waals surface area contributed by atoms with Gasteiger partial charge in [-0.05, 0) is 12.1 Å². The molecule has 7 nitrogen and oxygen atoms in total. The monoisotopic (exact) mass is 286 g/mol. The molecule has 3 heterocycles. The van der Waals surface area contributed by atoms with Gasteiger partial charge in [0.2, 0.25) is 0 Å². The molecule has 9 heteroatoms. The number of aliphatic hydroxyl groups excluding tert-OH is 2. The van der Waals surface area contributed by atoms with Gasteiger partial charge in [-0.25, -0.2) is 18.3 Å². The molecule has 2 aromatic rings. The second kappa shape index (κ2) is 4.33. The average Bonchev–Trinajstić information content (AvgIpc) is 2.92. The fraction of sp³-hybridized carbons (Fsp3) is 0.455. The van der Waals surface area contributed by atoms with Gasteiger partial charge >= 0.3 is 5.92 Å². The zero-order chi connectivity index (χ0) is 14.5. The van der Waals surface area contributed by atoms with Gasteiger partial charge in [-0.3, -0.25) is 0 Å².